The van der Waals surface area contributed by atoms with Crippen molar-refractivity contribution in [2.75, 3.05) is 20.3 Å². The molecule has 0 N–H and O–H groups in total. The van der Waals surface area contributed by atoms with E-state index in [1.165, 1.54) is 12.1 Å². The summed E-state index contributed by atoms with van der Waals surface area (Å²) >= 11 is 0. The quantitative estimate of drug-likeness (QED) is 0.593. The maximum atomic E-state index is 14.8. The first kappa shape index (κ1) is 20.6. The van der Waals surface area contributed by atoms with Gasteiger partial charge in [-0.25, -0.2) is 13.2 Å². The molecule has 2 aromatic rings. The molecule has 3 rings (SSSR count). The molecular weight excluding hydrogens is 365 g/mol. The highest BCUT2D eigenvalue weighted by atomic mass is 19.2. The fraction of sp³-hybridized carbons (Fsp3) is 0.391. The number of halogens is 3. The third kappa shape index (κ3) is 4.47. The number of hydrogen-bond donors (Lipinski definition) is 0. The third-order valence-corrected chi connectivity index (χ3v) is 5.22. The van der Waals surface area contributed by atoms with E-state index in [4.69, 9.17) is 9.47 Å². The van der Waals surface area contributed by atoms with Crippen LogP contribution in [-0.2, 0) is 9.47 Å². The maximum absolute atomic E-state index is 14.8. The van der Waals surface area contributed by atoms with Gasteiger partial charge in [-0.15, -0.1) is 0 Å². The smallest absolute Gasteiger partial charge is 0.166 e. The van der Waals surface area contributed by atoms with E-state index >= 15 is 0 Å². The van der Waals surface area contributed by atoms with E-state index in [0.717, 1.165) is 19.3 Å². The highest BCUT2D eigenvalue weighted by Gasteiger charge is 2.27. The van der Waals surface area contributed by atoms with Crippen LogP contribution in [0.3, 0.4) is 0 Å². The van der Waals surface area contributed by atoms with Gasteiger partial charge >= 0.3 is 0 Å². The lowest BCUT2D eigenvalue weighted by Crippen LogP contribution is -2.26. The Morgan fingerprint density at radius 1 is 1.11 bits per heavy atom. The molecule has 1 heterocycles. The molecule has 1 aliphatic rings. The van der Waals surface area contributed by atoms with E-state index in [-0.39, 0.29) is 17.6 Å². The van der Waals surface area contributed by atoms with Crippen molar-refractivity contribution in [1.29, 1.82) is 0 Å². The van der Waals surface area contributed by atoms with Gasteiger partial charge < -0.3 is 9.47 Å². The Hall–Kier alpha value is -2.11. The van der Waals surface area contributed by atoms with Crippen molar-refractivity contribution in [3.63, 3.8) is 0 Å². The molecule has 1 fully saturated rings. The summed E-state index contributed by atoms with van der Waals surface area (Å²) in [5.74, 6) is -2.48. The zero-order chi connectivity index (χ0) is 20.1. The molecule has 1 saturated heterocycles. The number of hydrogen-bond acceptors (Lipinski definition) is 2. The summed E-state index contributed by atoms with van der Waals surface area (Å²) < 4.78 is 54.5. The molecular formula is C23H25F3O2. The lowest BCUT2D eigenvalue weighted by atomic mass is 9.89. The first-order valence-corrected chi connectivity index (χ1v) is 9.56. The number of benzene rings is 2. The molecule has 5 heteroatoms. The highest BCUT2D eigenvalue weighted by molar-refractivity contribution is 5.67. The lowest BCUT2D eigenvalue weighted by molar-refractivity contribution is -0.0134. The molecule has 2 nitrogen and oxygen atoms in total. The Bertz CT molecular complexity index is 840. The second-order valence-corrected chi connectivity index (χ2v) is 7.08. The van der Waals surface area contributed by atoms with E-state index in [1.807, 2.05) is 0 Å². The van der Waals surface area contributed by atoms with Gasteiger partial charge in [-0.1, -0.05) is 36.4 Å². The molecule has 0 radical (unpaired) electrons. The zero-order valence-electron chi connectivity index (χ0n) is 16.2. The van der Waals surface area contributed by atoms with Gasteiger partial charge in [-0.2, -0.15) is 0 Å². The van der Waals surface area contributed by atoms with Crippen molar-refractivity contribution in [2.24, 2.45) is 0 Å². The zero-order valence-corrected chi connectivity index (χ0v) is 16.2. The maximum Gasteiger partial charge on any atom is 0.166 e. The van der Waals surface area contributed by atoms with Crippen LogP contribution in [0.2, 0.25) is 0 Å². The van der Waals surface area contributed by atoms with Gasteiger partial charge in [0.05, 0.1) is 12.7 Å². The molecule has 0 amide bonds. The first-order valence-electron chi connectivity index (χ1n) is 9.56. The molecule has 0 saturated carbocycles. The Kier molecular flexibility index (Phi) is 6.92. The molecule has 0 aliphatic carbocycles. The van der Waals surface area contributed by atoms with Crippen LogP contribution in [0.5, 0.6) is 0 Å². The Labute approximate surface area is 164 Å². The van der Waals surface area contributed by atoms with Gasteiger partial charge in [0, 0.05) is 30.8 Å². The number of methoxy groups -OCH3 is 1. The minimum Gasteiger partial charge on any atom is -0.385 e. The minimum atomic E-state index is -0.947. The molecule has 0 spiro atoms. The molecule has 2 atom stereocenters. The highest BCUT2D eigenvalue weighted by Crippen LogP contribution is 2.35. The second kappa shape index (κ2) is 9.39. The van der Waals surface area contributed by atoms with Crippen molar-refractivity contribution >= 4 is 6.08 Å². The number of ether oxygens (including phenoxy) is 2. The Morgan fingerprint density at radius 2 is 1.93 bits per heavy atom. The fourth-order valence-corrected chi connectivity index (χ4v) is 3.64. The fourth-order valence-electron chi connectivity index (χ4n) is 3.64. The molecule has 1 aliphatic heterocycles. The Balaban J connectivity index is 1.79. The van der Waals surface area contributed by atoms with Crippen molar-refractivity contribution in [3.05, 3.63) is 65.0 Å². The lowest BCUT2D eigenvalue weighted by Gasteiger charge is -2.29. The van der Waals surface area contributed by atoms with Crippen LogP contribution >= 0.6 is 0 Å². The van der Waals surface area contributed by atoms with Crippen molar-refractivity contribution < 1.29 is 22.6 Å². The summed E-state index contributed by atoms with van der Waals surface area (Å²) in [7, 11) is 1.64. The summed E-state index contributed by atoms with van der Waals surface area (Å²) in [5.41, 5.74) is 1.10. The topological polar surface area (TPSA) is 18.5 Å². The number of allylic oxidation sites excluding steroid dienone is 1. The van der Waals surface area contributed by atoms with Gasteiger partial charge in [-0.3, -0.25) is 0 Å². The minimum absolute atomic E-state index is 0.0573. The molecule has 150 valence electrons. The van der Waals surface area contributed by atoms with Crippen LogP contribution in [0, 0.1) is 17.5 Å². The van der Waals surface area contributed by atoms with Crippen LogP contribution in [0.1, 0.15) is 43.2 Å². The molecule has 0 bridgehead atoms. The standard InChI is InChI=1S/C23H25F3O2/c1-3-4-15-5-6-16(13-21(15)24)19-9-10-20(23(26)22(19)25)17-7-8-18(28-14-17)11-12-27-2/h3-6,9-10,13,17-18H,7-8,11-12,14H2,1-2H3/b4-3+. The van der Waals surface area contributed by atoms with Gasteiger partial charge in [-0.05, 0) is 43.4 Å². The van der Waals surface area contributed by atoms with Gasteiger partial charge in [0.15, 0.2) is 11.6 Å². The predicted octanol–water partition coefficient (Wildman–Crippen LogP) is 6.10. The summed E-state index contributed by atoms with van der Waals surface area (Å²) in [6, 6.07) is 7.51. The summed E-state index contributed by atoms with van der Waals surface area (Å²) in [6.07, 6.45) is 5.77. The largest absolute Gasteiger partial charge is 0.385 e. The average molecular weight is 390 g/mol. The van der Waals surface area contributed by atoms with Gasteiger partial charge in [0.1, 0.15) is 5.82 Å². The second-order valence-electron chi connectivity index (χ2n) is 7.08. The molecule has 0 aromatic heterocycles. The van der Waals surface area contributed by atoms with Crippen molar-refractivity contribution in [2.45, 2.75) is 38.2 Å². The van der Waals surface area contributed by atoms with Crippen LogP contribution in [0.15, 0.2) is 36.4 Å². The van der Waals surface area contributed by atoms with E-state index in [0.29, 0.717) is 29.9 Å². The molecule has 2 aromatic carbocycles. The Morgan fingerprint density at radius 3 is 2.57 bits per heavy atom. The first-order chi connectivity index (χ1) is 13.5. The van der Waals surface area contributed by atoms with Crippen molar-refractivity contribution in [3.8, 4) is 11.1 Å². The molecule has 28 heavy (non-hydrogen) atoms. The third-order valence-electron chi connectivity index (χ3n) is 5.22. The van der Waals surface area contributed by atoms with E-state index in [2.05, 4.69) is 0 Å². The van der Waals surface area contributed by atoms with Crippen LogP contribution in [-0.4, -0.2) is 26.4 Å². The summed E-state index contributed by atoms with van der Waals surface area (Å²) in [6.45, 7) is 2.77. The van der Waals surface area contributed by atoms with Gasteiger partial charge in [0.2, 0.25) is 0 Å². The van der Waals surface area contributed by atoms with E-state index in [9.17, 15) is 13.2 Å². The van der Waals surface area contributed by atoms with E-state index in [1.54, 1.807) is 44.4 Å². The van der Waals surface area contributed by atoms with Gasteiger partial charge in [0.25, 0.3) is 0 Å². The number of rotatable bonds is 6. The van der Waals surface area contributed by atoms with E-state index < -0.39 is 17.5 Å². The summed E-state index contributed by atoms with van der Waals surface area (Å²) in [4.78, 5) is 0. The normalized spacial score (nSPS) is 20.0. The van der Waals surface area contributed by atoms with Crippen LogP contribution in [0.4, 0.5) is 13.2 Å². The predicted molar refractivity (Wildman–Crippen MR) is 105 cm³/mol. The summed E-state index contributed by atoms with van der Waals surface area (Å²) in [5, 5.41) is 0. The van der Waals surface area contributed by atoms with Crippen LogP contribution in [0.25, 0.3) is 17.2 Å². The average Bonchev–Trinajstić information content (AvgIpc) is 2.71. The van der Waals surface area contributed by atoms with Crippen molar-refractivity contribution in [1.82, 2.24) is 0 Å². The molecule has 2 unspecified atom stereocenters. The van der Waals surface area contributed by atoms with Crippen LogP contribution < -0.4 is 0 Å². The SMILES string of the molecule is C/C=C/c1ccc(-c2ccc(C3CCC(CCOC)OC3)c(F)c2F)cc1F. The monoisotopic (exact) mass is 390 g/mol.